The van der Waals surface area contributed by atoms with E-state index in [0.717, 1.165) is 24.9 Å². The predicted molar refractivity (Wildman–Crippen MR) is 127 cm³/mol. The topological polar surface area (TPSA) is 54.0 Å². The van der Waals surface area contributed by atoms with Crippen LogP contribution in [0, 0.1) is 17.3 Å². The third-order valence-electron chi connectivity index (χ3n) is 7.88. The summed E-state index contributed by atoms with van der Waals surface area (Å²) in [4.78, 5) is 0. The van der Waals surface area contributed by atoms with Crippen LogP contribution in [0.3, 0.4) is 0 Å². The van der Waals surface area contributed by atoms with Crippen LogP contribution in [0.25, 0.3) is 0 Å². The predicted octanol–water partition coefficient (Wildman–Crippen LogP) is 7.28. The lowest BCUT2D eigenvalue weighted by atomic mass is 9.55. The summed E-state index contributed by atoms with van der Waals surface area (Å²) in [5.41, 5.74) is 3.11. The van der Waals surface area contributed by atoms with Crippen LogP contribution in [0.1, 0.15) is 90.7 Å². The molecule has 1 aromatic rings. The van der Waals surface area contributed by atoms with Gasteiger partial charge < -0.3 is 9.26 Å². The van der Waals surface area contributed by atoms with Gasteiger partial charge in [-0.05, 0) is 120 Å². The lowest BCUT2D eigenvalue weighted by Crippen LogP contribution is -2.44. The van der Waals surface area contributed by atoms with Gasteiger partial charge in [0.25, 0.3) is 0 Å². The highest BCUT2D eigenvalue weighted by molar-refractivity contribution is 7.49. The molecule has 0 aromatic heterocycles. The van der Waals surface area contributed by atoms with Crippen LogP contribution in [0.4, 0.5) is 0 Å². The summed E-state index contributed by atoms with van der Waals surface area (Å²) in [5, 5.41) is 0. The fourth-order valence-corrected chi connectivity index (χ4v) is 8.30. The van der Waals surface area contributed by atoms with E-state index in [2.05, 4.69) is 26.0 Å². The van der Waals surface area contributed by atoms with E-state index in [-0.39, 0.29) is 12.2 Å². The first-order valence-corrected chi connectivity index (χ1v) is 14.0. The second kappa shape index (κ2) is 9.41. The minimum Gasteiger partial charge on any atom is -0.404 e. The molecule has 6 heteroatoms. The fourth-order valence-electron chi connectivity index (χ4n) is 6.76. The molecule has 0 aliphatic heterocycles. The van der Waals surface area contributed by atoms with Gasteiger partial charge in [0.2, 0.25) is 0 Å². The van der Waals surface area contributed by atoms with E-state index in [1.807, 2.05) is 33.8 Å². The summed E-state index contributed by atoms with van der Waals surface area (Å²) in [6.45, 7) is 12.8. The van der Waals surface area contributed by atoms with Crippen LogP contribution in [0.15, 0.2) is 18.2 Å². The Morgan fingerprint density at radius 2 is 1.78 bits per heavy atom. The largest absolute Gasteiger partial charge is 0.530 e. The zero-order chi connectivity index (χ0) is 23.1. The summed E-state index contributed by atoms with van der Waals surface area (Å²) < 4.78 is 36.3. The Morgan fingerprint density at radius 3 is 2.44 bits per heavy atom. The van der Waals surface area contributed by atoms with Gasteiger partial charge >= 0.3 is 7.82 Å². The van der Waals surface area contributed by atoms with Crippen molar-refractivity contribution in [3.63, 3.8) is 0 Å². The molecular formula is C26H41O5P. The molecule has 0 radical (unpaired) electrons. The summed E-state index contributed by atoms with van der Waals surface area (Å²) >= 11 is 0. The Balaban J connectivity index is 1.53. The first-order valence-electron chi connectivity index (χ1n) is 12.6. The number of rotatable bonds is 8. The summed E-state index contributed by atoms with van der Waals surface area (Å²) in [6.07, 6.45) is 7.14. The number of hydrogen-bond acceptors (Lipinski definition) is 5. The molecule has 0 bridgehead atoms. The number of hydrogen-bond donors (Lipinski definition) is 0. The van der Waals surface area contributed by atoms with Gasteiger partial charge in [-0.1, -0.05) is 13.0 Å². The van der Waals surface area contributed by atoms with Gasteiger partial charge in [-0.2, -0.15) is 0 Å². The van der Waals surface area contributed by atoms with E-state index in [9.17, 15) is 4.57 Å². The molecule has 0 saturated heterocycles. The van der Waals surface area contributed by atoms with Crippen molar-refractivity contribution in [1.29, 1.82) is 0 Å². The minimum absolute atomic E-state index is 0.249. The molecule has 0 spiro atoms. The molecule has 0 N–H and O–H groups in total. The van der Waals surface area contributed by atoms with Crippen molar-refractivity contribution < 1.29 is 22.9 Å². The molecule has 0 amide bonds. The maximum absolute atomic E-state index is 13.2. The normalized spacial score (nSPS) is 32.0. The summed E-state index contributed by atoms with van der Waals surface area (Å²) in [7, 11) is -3.67. The molecule has 0 heterocycles. The van der Waals surface area contributed by atoms with E-state index >= 15 is 0 Å². The van der Waals surface area contributed by atoms with E-state index in [0.29, 0.717) is 23.2 Å². The maximum Gasteiger partial charge on any atom is 0.530 e. The first kappa shape index (κ1) is 24.3. The van der Waals surface area contributed by atoms with Crippen LogP contribution in [-0.4, -0.2) is 24.9 Å². The van der Waals surface area contributed by atoms with Crippen LogP contribution >= 0.6 is 7.82 Å². The Morgan fingerprint density at radius 1 is 1.06 bits per heavy atom. The van der Waals surface area contributed by atoms with Gasteiger partial charge in [-0.3, -0.25) is 9.05 Å². The lowest BCUT2D eigenvalue weighted by Gasteiger charge is -2.50. The monoisotopic (exact) mass is 464 g/mol. The molecule has 5 nitrogen and oxygen atoms in total. The molecule has 180 valence electrons. The number of aryl methyl sites for hydroxylation is 1. The molecule has 32 heavy (non-hydrogen) atoms. The number of phosphoric acid groups is 1. The molecule has 3 aliphatic carbocycles. The van der Waals surface area contributed by atoms with E-state index in [1.165, 1.54) is 43.2 Å². The number of ether oxygens (including phenoxy) is 1. The van der Waals surface area contributed by atoms with E-state index < -0.39 is 7.82 Å². The quantitative estimate of drug-likeness (QED) is 0.378. The van der Waals surface area contributed by atoms with Crippen molar-refractivity contribution in [2.75, 3.05) is 6.61 Å². The van der Waals surface area contributed by atoms with Crippen molar-refractivity contribution >= 4 is 7.82 Å². The minimum atomic E-state index is -3.67. The first-order chi connectivity index (χ1) is 15.1. The van der Waals surface area contributed by atoms with Gasteiger partial charge in [0.05, 0.1) is 18.3 Å². The Kier molecular flexibility index (Phi) is 7.13. The van der Waals surface area contributed by atoms with Crippen LogP contribution in [0.5, 0.6) is 5.75 Å². The van der Waals surface area contributed by atoms with Crippen molar-refractivity contribution in [1.82, 2.24) is 0 Å². The zero-order valence-electron chi connectivity index (χ0n) is 20.6. The Bertz CT molecular complexity index is 839. The fraction of sp³-hybridized carbons (Fsp3) is 0.769. The molecule has 5 atom stereocenters. The van der Waals surface area contributed by atoms with Crippen molar-refractivity contribution in [3.05, 3.63) is 29.3 Å². The third kappa shape index (κ3) is 4.69. The number of phosphoric ester groups is 1. The second-order valence-electron chi connectivity index (χ2n) is 10.7. The van der Waals surface area contributed by atoms with E-state index in [1.54, 1.807) is 0 Å². The van der Waals surface area contributed by atoms with Gasteiger partial charge in [-0.25, -0.2) is 4.57 Å². The molecule has 1 aromatic carbocycles. The highest BCUT2D eigenvalue weighted by Gasteiger charge is 2.55. The Hall–Kier alpha value is -0.870. The van der Waals surface area contributed by atoms with Crippen molar-refractivity contribution in [2.24, 2.45) is 17.3 Å². The molecule has 2 saturated carbocycles. The standard InChI is InChI=1S/C26H41O5P/c1-7-28-25-13-12-24-23-10-8-19-16-20(31-32(27,29-17(2)3)30-18(4)5)9-11-21(19)22(23)14-15-26(24,25)6/h9,11,16-18,22-25H,7-8,10,12-15H2,1-6H3. The average Bonchev–Trinajstić information content (AvgIpc) is 3.03. The van der Waals surface area contributed by atoms with Crippen molar-refractivity contribution in [3.8, 4) is 5.75 Å². The maximum atomic E-state index is 13.2. The zero-order valence-corrected chi connectivity index (χ0v) is 21.5. The SMILES string of the molecule is CCOC1CCC2C3CCc4cc(OP(=O)(OC(C)C)OC(C)C)ccc4C3CCC12C. The van der Waals surface area contributed by atoms with Crippen LogP contribution < -0.4 is 4.52 Å². The highest BCUT2D eigenvalue weighted by atomic mass is 31.2. The number of fused-ring (bicyclic) bond motifs is 5. The molecule has 3 aliphatic rings. The van der Waals surface area contributed by atoms with Gasteiger partial charge in [0, 0.05) is 6.61 Å². The summed E-state index contributed by atoms with van der Waals surface area (Å²) in [5.74, 6) is 2.67. The third-order valence-corrected chi connectivity index (χ3v) is 9.67. The molecule has 5 unspecified atom stereocenters. The highest BCUT2D eigenvalue weighted by Crippen LogP contribution is 2.62. The smallest absolute Gasteiger partial charge is 0.404 e. The Labute approximate surface area is 194 Å². The second-order valence-corrected chi connectivity index (χ2v) is 12.2. The van der Waals surface area contributed by atoms with Gasteiger partial charge in [-0.15, -0.1) is 0 Å². The van der Waals surface area contributed by atoms with Crippen LogP contribution in [0.2, 0.25) is 0 Å². The lowest BCUT2D eigenvalue weighted by molar-refractivity contribution is -0.0600. The van der Waals surface area contributed by atoms with Gasteiger partial charge in [0.15, 0.2) is 0 Å². The molecular weight excluding hydrogens is 423 g/mol. The van der Waals surface area contributed by atoms with Crippen LogP contribution in [-0.2, 0) is 24.8 Å². The summed E-state index contributed by atoms with van der Waals surface area (Å²) in [6, 6.07) is 6.22. The van der Waals surface area contributed by atoms with Crippen molar-refractivity contribution in [2.45, 2.75) is 104 Å². The molecule has 2 fully saturated rings. The average molecular weight is 465 g/mol. The number of benzene rings is 1. The van der Waals surface area contributed by atoms with Gasteiger partial charge in [0.1, 0.15) is 5.75 Å². The van der Waals surface area contributed by atoms with E-state index in [4.69, 9.17) is 18.3 Å². The molecule has 4 rings (SSSR count).